The zero-order valence-electron chi connectivity index (χ0n) is 11.2. The number of phenolic OH excluding ortho intramolecular Hbond substituents is 3. The van der Waals surface area contributed by atoms with Crippen molar-refractivity contribution in [2.75, 3.05) is 0 Å². The molecule has 0 heterocycles. The molecule has 0 spiro atoms. The molecule has 0 saturated carbocycles. The van der Waals surface area contributed by atoms with Crippen LogP contribution in [0.25, 0.3) is 22.9 Å². The molecule has 3 aromatic rings. The van der Waals surface area contributed by atoms with Gasteiger partial charge in [-0.25, -0.2) is 0 Å². The molecule has 0 radical (unpaired) electrons. The minimum Gasteiger partial charge on any atom is -0.508 e. The van der Waals surface area contributed by atoms with E-state index in [1.807, 2.05) is 30.3 Å². The lowest BCUT2D eigenvalue weighted by Crippen LogP contribution is -1.80. The van der Waals surface area contributed by atoms with Gasteiger partial charge in [0.2, 0.25) is 0 Å². The van der Waals surface area contributed by atoms with Gasteiger partial charge in [-0.2, -0.15) is 0 Å². The van der Waals surface area contributed by atoms with Crippen LogP contribution in [0.15, 0.2) is 54.6 Å². The Kier molecular flexibility index (Phi) is 3.24. The predicted molar refractivity (Wildman–Crippen MR) is 84.3 cm³/mol. The molecule has 0 saturated heterocycles. The van der Waals surface area contributed by atoms with Crippen molar-refractivity contribution in [2.24, 2.45) is 0 Å². The third kappa shape index (κ3) is 2.67. The molecule has 0 unspecified atom stereocenters. The Labute approximate surface area is 122 Å². The molecule has 3 heteroatoms. The zero-order chi connectivity index (χ0) is 14.8. The van der Waals surface area contributed by atoms with Crippen LogP contribution in [-0.2, 0) is 0 Å². The average Bonchev–Trinajstić information content (AvgIpc) is 2.45. The second-order valence-corrected chi connectivity index (χ2v) is 4.84. The lowest BCUT2D eigenvalue weighted by Gasteiger charge is -2.05. The summed E-state index contributed by atoms with van der Waals surface area (Å²) in [5.41, 5.74) is 1.36. The molecule has 0 aliphatic heterocycles. The second kappa shape index (κ2) is 5.21. The molecule has 0 fully saturated rings. The van der Waals surface area contributed by atoms with E-state index < -0.39 is 0 Å². The molecule has 0 atom stereocenters. The molecule has 104 valence electrons. The Balaban J connectivity index is 2.08. The zero-order valence-corrected chi connectivity index (χ0v) is 11.2. The van der Waals surface area contributed by atoms with Gasteiger partial charge in [-0.3, -0.25) is 0 Å². The Bertz CT molecular complexity index is 815. The van der Waals surface area contributed by atoms with E-state index in [-0.39, 0.29) is 17.2 Å². The Hall–Kier alpha value is -2.94. The second-order valence-electron chi connectivity index (χ2n) is 4.84. The van der Waals surface area contributed by atoms with Crippen molar-refractivity contribution in [3.63, 3.8) is 0 Å². The number of benzene rings is 3. The Morgan fingerprint density at radius 2 is 1.43 bits per heavy atom. The quantitative estimate of drug-likeness (QED) is 0.618. The van der Waals surface area contributed by atoms with E-state index in [2.05, 4.69) is 0 Å². The molecule has 21 heavy (non-hydrogen) atoms. The molecule has 3 rings (SSSR count). The van der Waals surface area contributed by atoms with Gasteiger partial charge in [0.25, 0.3) is 0 Å². The van der Waals surface area contributed by atoms with Gasteiger partial charge in [0, 0.05) is 11.6 Å². The SMILES string of the molecule is Oc1cc(O)cc(/C=C/c2c(O)ccc3ccccc23)c1. The maximum absolute atomic E-state index is 10.0. The summed E-state index contributed by atoms with van der Waals surface area (Å²) in [5.74, 6) is 0.183. The largest absolute Gasteiger partial charge is 0.508 e. The molecular weight excluding hydrogens is 264 g/mol. The minimum absolute atomic E-state index is 0.00297. The molecule has 3 N–H and O–H groups in total. The van der Waals surface area contributed by atoms with E-state index in [0.717, 1.165) is 10.8 Å². The Morgan fingerprint density at radius 3 is 2.19 bits per heavy atom. The Morgan fingerprint density at radius 1 is 0.714 bits per heavy atom. The molecular formula is C18H14O3. The van der Waals surface area contributed by atoms with Crippen LogP contribution >= 0.6 is 0 Å². The highest BCUT2D eigenvalue weighted by atomic mass is 16.3. The summed E-state index contributed by atoms with van der Waals surface area (Å²) in [4.78, 5) is 0. The van der Waals surface area contributed by atoms with E-state index >= 15 is 0 Å². The summed E-state index contributed by atoms with van der Waals surface area (Å²) < 4.78 is 0. The van der Waals surface area contributed by atoms with Gasteiger partial charge in [0.15, 0.2) is 0 Å². The van der Waals surface area contributed by atoms with Crippen LogP contribution in [0.3, 0.4) is 0 Å². The van der Waals surface area contributed by atoms with Gasteiger partial charge in [-0.05, 0) is 34.5 Å². The lowest BCUT2D eigenvalue weighted by atomic mass is 10.0. The van der Waals surface area contributed by atoms with Gasteiger partial charge in [-0.15, -0.1) is 0 Å². The van der Waals surface area contributed by atoms with Gasteiger partial charge in [0.05, 0.1) is 0 Å². The maximum atomic E-state index is 10.0. The van der Waals surface area contributed by atoms with Crippen molar-refractivity contribution >= 4 is 22.9 Å². The first-order chi connectivity index (χ1) is 10.1. The highest BCUT2D eigenvalue weighted by molar-refractivity contribution is 5.95. The van der Waals surface area contributed by atoms with E-state index in [0.29, 0.717) is 11.1 Å². The fraction of sp³-hybridized carbons (Fsp3) is 0. The molecule has 0 aliphatic rings. The van der Waals surface area contributed by atoms with Crippen molar-refractivity contribution in [1.82, 2.24) is 0 Å². The summed E-state index contributed by atoms with van der Waals surface area (Å²) in [6.07, 6.45) is 3.51. The topological polar surface area (TPSA) is 60.7 Å². The molecule has 3 nitrogen and oxygen atoms in total. The van der Waals surface area contributed by atoms with Crippen molar-refractivity contribution in [1.29, 1.82) is 0 Å². The van der Waals surface area contributed by atoms with Crippen LogP contribution in [0.2, 0.25) is 0 Å². The minimum atomic E-state index is -0.00297. The van der Waals surface area contributed by atoms with Crippen molar-refractivity contribution in [3.8, 4) is 17.2 Å². The van der Waals surface area contributed by atoms with Crippen LogP contribution in [-0.4, -0.2) is 15.3 Å². The third-order valence-electron chi connectivity index (χ3n) is 3.31. The number of rotatable bonds is 2. The van der Waals surface area contributed by atoms with Gasteiger partial charge >= 0.3 is 0 Å². The van der Waals surface area contributed by atoms with Crippen molar-refractivity contribution in [3.05, 3.63) is 65.7 Å². The standard InChI is InChI=1S/C18H14O3/c19-14-9-12(10-15(20)11-14)5-7-17-16-4-2-1-3-13(16)6-8-18(17)21/h1-11,19-21H/b7-5+. The van der Waals surface area contributed by atoms with Crippen molar-refractivity contribution in [2.45, 2.75) is 0 Å². The van der Waals surface area contributed by atoms with E-state index in [4.69, 9.17) is 0 Å². The number of fused-ring (bicyclic) bond motifs is 1. The molecule has 0 bridgehead atoms. The molecule has 3 aromatic carbocycles. The maximum Gasteiger partial charge on any atom is 0.123 e. The molecule has 0 aromatic heterocycles. The highest BCUT2D eigenvalue weighted by Crippen LogP contribution is 2.29. The van der Waals surface area contributed by atoms with Crippen LogP contribution < -0.4 is 0 Å². The van der Waals surface area contributed by atoms with Crippen LogP contribution in [0.4, 0.5) is 0 Å². The molecule has 0 aliphatic carbocycles. The smallest absolute Gasteiger partial charge is 0.123 e. The lowest BCUT2D eigenvalue weighted by molar-refractivity contribution is 0.450. The first-order valence-electron chi connectivity index (χ1n) is 6.55. The number of phenols is 3. The van der Waals surface area contributed by atoms with Gasteiger partial charge in [-0.1, -0.05) is 42.5 Å². The van der Waals surface area contributed by atoms with E-state index in [1.165, 1.54) is 6.07 Å². The number of hydrogen-bond acceptors (Lipinski definition) is 3. The first kappa shape index (κ1) is 13.1. The third-order valence-corrected chi connectivity index (χ3v) is 3.31. The monoisotopic (exact) mass is 278 g/mol. The fourth-order valence-electron chi connectivity index (χ4n) is 2.35. The van der Waals surface area contributed by atoms with Crippen LogP contribution in [0.5, 0.6) is 17.2 Å². The number of hydrogen-bond donors (Lipinski definition) is 3. The summed E-state index contributed by atoms with van der Waals surface area (Å²) in [5, 5.41) is 31.0. The normalized spacial score (nSPS) is 11.2. The summed E-state index contributed by atoms with van der Waals surface area (Å²) in [6, 6.07) is 15.6. The summed E-state index contributed by atoms with van der Waals surface area (Å²) in [7, 11) is 0. The van der Waals surface area contributed by atoms with Crippen molar-refractivity contribution < 1.29 is 15.3 Å². The first-order valence-corrected chi connectivity index (χ1v) is 6.55. The van der Waals surface area contributed by atoms with E-state index in [9.17, 15) is 15.3 Å². The van der Waals surface area contributed by atoms with Crippen LogP contribution in [0, 0.1) is 0 Å². The average molecular weight is 278 g/mol. The highest BCUT2D eigenvalue weighted by Gasteiger charge is 2.03. The predicted octanol–water partition coefficient (Wildman–Crippen LogP) is 4.13. The summed E-state index contributed by atoms with van der Waals surface area (Å²) >= 11 is 0. The van der Waals surface area contributed by atoms with Crippen LogP contribution in [0.1, 0.15) is 11.1 Å². The molecule has 0 amide bonds. The van der Waals surface area contributed by atoms with E-state index in [1.54, 1.807) is 30.4 Å². The van der Waals surface area contributed by atoms with Gasteiger partial charge < -0.3 is 15.3 Å². The summed E-state index contributed by atoms with van der Waals surface area (Å²) in [6.45, 7) is 0. The number of aromatic hydroxyl groups is 3. The fourth-order valence-corrected chi connectivity index (χ4v) is 2.35. The van der Waals surface area contributed by atoms with Gasteiger partial charge in [0.1, 0.15) is 17.2 Å².